The number of imidazole rings is 1. The van der Waals surface area contributed by atoms with Crippen molar-refractivity contribution in [3.8, 4) is 0 Å². The van der Waals surface area contributed by atoms with Gasteiger partial charge in [-0.2, -0.15) is 4.98 Å². The van der Waals surface area contributed by atoms with Crippen LogP contribution in [0.4, 0.5) is 5.95 Å². The Hall–Kier alpha value is -2.60. The molecule has 13 nitrogen and oxygen atoms in total. The van der Waals surface area contributed by atoms with Crippen LogP contribution in [0.3, 0.4) is 0 Å². The highest BCUT2D eigenvalue weighted by molar-refractivity contribution is 7.59. The van der Waals surface area contributed by atoms with Crippen molar-refractivity contribution >= 4 is 36.5 Å². The summed E-state index contributed by atoms with van der Waals surface area (Å²) in [4.78, 5) is 36.9. The standard InChI is InChI=1S/C22H38N7O6P/c1-5-7-10-34-20(30)16(3)27-36(32,28-17(4)21(31)35-11-8-6-2)15-33-12-9-29-14-25-18-13-24-22(23)26-19(18)29/h13-14,16-17H,5-12,15H2,1-4H3,(H2,23,24,26)(H2,27,28,32)/t16-,17-/m0/s1. The van der Waals surface area contributed by atoms with Crippen molar-refractivity contribution < 1.29 is 28.4 Å². The van der Waals surface area contributed by atoms with Gasteiger partial charge in [0, 0.05) is 6.54 Å². The molecule has 0 fully saturated rings. The van der Waals surface area contributed by atoms with E-state index in [-0.39, 0.29) is 32.1 Å². The highest BCUT2D eigenvalue weighted by Gasteiger charge is 2.32. The number of ether oxygens (including phenoxy) is 3. The molecule has 2 rings (SSSR count). The summed E-state index contributed by atoms with van der Waals surface area (Å²) < 4.78 is 31.6. The van der Waals surface area contributed by atoms with Gasteiger partial charge in [0.05, 0.1) is 32.3 Å². The van der Waals surface area contributed by atoms with Gasteiger partial charge in [-0.05, 0) is 26.7 Å². The zero-order chi connectivity index (χ0) is 26.6. The van der Waals surface area contributed by atoms with Crippen LogP contribution < -0.4 is 15.9 Å². The molecule has 0 saturated heterocycles. The molecule has 36 heavy (non-hydrogen) atoms. The molecular weight excluding hydrogens is 489 g/mol. The van der Waals surface area contributed by atoms with Crippen molar-refractivity contribution in [2.45, 2.75) is 72.0 Å². The van der Waals surface area contributed by atoms with Crippen LogP contribution in [0.25, 0.3) is 11.2 Å². The second-order valence-corrected chi connectivity index (χ2v) is 10.6. The Kier molecular flexibility index (Phi) is 12.2. The molecule has 0 amide bonds. The van der Waals surface area contributed by atoms with Gasteiger partial charge in [-0.3, -0.25) is 14.2 Å². The van der Waals surface area contributed by atoms with Gasteiger partial charge in [0.25, 0.3) is 0 Å². The zero-order valence-corrected chi connectivity index (χ0v) is 22.3. The van der Waals surface area contributed by atoms with Crippen LogP contribution in [0.1, 0.15) is 53.4 Å². The number of nitrogens with one attached hydrogen (secondary N) is 2. The first-order chi connectivity index (χ1) is 17.2. The summed E-state index contributed by atoms with van der Waals surface area (Å²) in [6, 6.07) is -1.77. The van der Waals surface area contributed by atoms with E-state index in [1.54, 1.807) is 24.7 Å². The first-order valence-corrected chi connectivity index (χ1v) is 14.1. The number of carbonyl (C=O) groups excluding carboxylic acids is 2. The number of hydrogen-bond acceptors (Lipinski definition) is 10. The van der Waals surface area contributed by atoms with Gasteiger partial charge in [-0.25, -0.2) is 20.1 Å². The number of unbranched alkanes of at least 4 members (excludes halogenated alkanes) is 2. The third-order valence-corrected chi connectivity index (χ3v) is 7.28. The van der Waals surface area contributed by atoms with E-state index in [9.17, 15) is 14.2 Å². The molecular formula is C22H38N7O6P. The predicted octanol–water partition coefficient (Wildman–Crippen LogP) is 2.22. The van der Waals surface area contributed by atoms with Crippen LogP contribution in [0.5, 0.6) is 0 Å². The van der Waals surface area contributed by atoms with Crippen molar-refractivity contribution in [1.82, 2.24) is 29.7 Å². The summed E-state index contributed by atoms with van der Waals surface area (Å²) in [5, 5.41) is 5.57. The van der Waals surface area contributed by atoms with E-state index in [4.69, 9.17) is 19.9 Å². The lowest BCUT2D eigenvalue weighted by atomic mass is 10.3. The monoisotopic (exact) mass is 527 g/mol. The smallest absolute Gasteiger partial charge is 0.323 e. The number of nitrogen functional groups attached to an aromatic ring is 1. The summed E-state index contributed by atoms with van der Waals surface area (Å²) in [5.74, 6) is -0.945. The molecule has 0 aliphatic carbocycles. The van der Waals surface area contributed by atoms with Crippen molar-refractivity contribution in [2.75, 3.05) is 31.9 Å². The average Bonchev–Trinajstić information content (AvgIpc) is 3.23. The number of aromatic nitrogens is 4. The molecule has 0 aliphatic heterocycles. The molecule has 2 atom stereocenters. The van der Waals surface area contributed by atoms with Crippen LogP contribution in [-0.2, 0) is 34.9 Å². The Morgan fingerprint density at radius 2 is 1.61 bits per heavy atom. The predicted molar refractivity (Wildman–Crippen MR) is 135 cm³/mol. The number of nitrogens with zero attached hydrogens (tertiary/aromatic N) is 4. The maximum absolute atomic E-state index is 13.7. The van der Waals surface area contributed by atoms with E-state index in [2.05, 4.69) is 25.1 Å². The summed E-state index contributed by atoms with van der Waals surface area (Å²) in [6.45, 7) is 8.15. The Morgan fingerprint density at radius 3 is 2.17 bits per heavy atom. The van der Waals surface area contributed by atoms with E-state index in [0.29, 0.717) is 17.7 Å². The Morgan fingerprint density at radius 1 is 1.03 bits per heavy atom. The van der Waals surface area contributed by atoms with Crippen molar-refractivity contribution in [3.63, 3.8) is 0 Å². The van der Waals surface area contributed by atoms with E-state index in [0.717, 1.165) is 25.7 Å². The fraction of sp³-hybridized carbons (Fsp3) is 0.682. The number of hydrogen-bond donors (Lipinski definition) is 3. The SMILES string of the molecule is CCCCOC(=O)[C@H](C)NP(=O)(COCCn1cnc2cnc(N)nc21)N[C@@H](C)C(=O)OCCCC. The van der Waals surface area contributed by atoms with E-state index < -0.39 is 31.5 Å². The molecule has 0 spiro atoms. The number of rotatable bonds is 17. The highest BCUT2D eigenvalue weighted by atomic mass is 31.2. The third kappa shape index (κ3) is 9.45. The van der Waals surface area contributed by atoms with Crippen LogP contribution >= 0.6 is 7.44 Å². The van der Waals surface area contributed by atoms with E-state index >= 15 is 0 Å². The zero-order valence-electron chi connectivity index (χ0n) is 21.4. The number of carbonyl (C=O) groups is 2. The minimum Gasteiger partial charge on any atom is -0.465 e. The van der Waals surface area contributed by atoms with Crippen LogP contribution in [0, 0.1) is 0 Å². The lowest BCUT2D eigenvalue weighted by molar-refractivity contribution is -0.145. The maximum atomic E-state index is 13.7. The van der Waals surface area contributed by atoms with Gasteiger partial charge in [-0.15, -0.1) is 0 Å². The lowest BCUT2D eigenvalue weighted by Crippen LogP contribution is -2.43. The van der Waals surface area contributed by atoms with Crippen molar-refractivity contribution in [2.24, 2.45) is 0 Å². The maximum Gasteiger partial charge on any atom is 0.323 e. The summed E-state index contributed by atoms with van der Waals surface area (Å²) in [7, 11) is -3.57. The first kappa shape index (κ1) is 29.6. The van der Waals surface area contributed by atoms with Gasteiger partial charge in [0.15, 0.2) is 5.65 Å². The van der Waals surface area contributed by atoms with Crippen LogP contribution in [0.2, 0.25) is 0 Å². The summed E-state index contributed by atoms with van der Waals surface area (Å²) in [5.41, 5.74) is 6.80. The lowest BCUT2D eigenvalue weighted by Gasteiger charge is -2.26. The molecule has 0 saturated carbocycles. The Bertz CT molecular complexity index is 999. The Labute approximate surface area is 211 Å². The largest absolute Gasteiger partial charge is 0.465 e. The second-order valence-electron chi connectivity index (χ2n) is 8.40. The molecule has 0 unspecified atom stereocenters. The molecule has 2 aromatic heterocycles. The van der Waals surface area contributed by atoms with Gasteiger partial charge in [-0.1, -0.05) is 26.7 Å². The fourth-order valence-corrected chi connectivity index (χ4v) is 5.19. The quantitative estimate of drug-likeness (QED) is 0.156. The van der Waals surface area contributed by atoms with Gasteiger partial charge >= 0.3 is 11.9 Å². The van der Waals surface area contributed by atoms with Crippen LogP contribution in [0.15, 0.2) is 12.5 Å². The summed E-state index contributed by atoms with van der Waals surface area (Å²) in [6.07, 6.45) is 6.06. The van der Waals surface area contributed by atoms with Gasteiger partial charge in [0.1, 0.15) is 23.9 Å². The molecule has 202 valence electrons. The van der Waals surface area contributed by atoms with E-state index in [1.165, 1.54) is 6.20 Å². The number of anilines is 1. The minimum absolute atomic E-state index is 0.127. The van der Waals surface area contributed by atoms with Crippen molar-refractivity contribution in [3.05, 3.63) is 12.5 Å². The summed E-state index contributed by atoms with van der Waals surface area (Å²) >= 11 is 0. The average molecular weight is 528 g/mol. The molecule has 2 heterocycles. The molecule has 0 aromatic carbocycles. The first-order valence-electron chi connectivity index (χ1n) is 12.2. The normalized spacial score (nSPS) is 13.4. The highest BCUT2D eigenvalue weighted by Crippen LogP contribution is 2.37. The third-order valence-electron chi connectivity index (χ3n) is 5.12. The Balaban J connectivity index is 2.00. The van der Waals surface area contributed by atoms with Crippen molar-refractivity contribution in [1.29, 1.82) is 0 Å². The minimum atomic E-state index is -3.57. The van der Waals surface area contributed by atoms with E-state index in [1.807, 2.05) is 13.8 Å². The number of esters is 2. The fourth-order valence-electron chi connectivity index (χ4n) is 3.12. The van der Waals surface area contributed by atoms with Crippen LogP contribution in [-0.4, -0.2) is 69.7 Å². The van der Waals surface area contributed by atoms with Gasteiger partial charge < -0.3 is 24.5 Å². The molecule has 4 N–H and O–H groups in total. The van der Waals surface area contributed by atoms with Gasteiger partial charge in [0.2, 0.25) is 13.4 Å². The number of nitrogens with two attached hydrogens (primary N) is 1. The molecule has 2 aromatic rings. The molecule has 0 aliphatic rings. The number of fused-ring (bicyclic) bond motifs is 1. The topological polar surface area (TPSA) is 173 Å². The molecule has 14 heteroatoms. The molecule has 0 radical (unpaired) electrons. The second kappa shape index (κ2) is 14.8. The molecule has 0 bridgehead atoms.